The summed E-state index contributed by atoms with van der Waals surface area (Å²) in [6, 6.07) is 12.4. The predicted octanol–water partition coefficient (Wildman–Crippen LogP) is 4.01. The summed E-state index contributed by atoms with van der Waals surface area (Å²) in [5.41, 5.74) is 0.579. The molecule has 0 fully saturated rings. The number of carbonyl (C=O) groups excluding carboxylic acids is 1. The summed E-state index contributed by atoms with van der Waals surface area (Å²) in [5, 5.41) is 11.2. The van der Waals surface area contributed by atoms with Crippen molar-refractivity contribution in [3.63, 3.8) is 0 Å². The molecule has 0 saturated heterocycles. The minimum Gasteiger partial charge on any atom is -0.478 e. The minimum absolute atomic E-state index is 0.240. The first-order chi connectivity index (χ1) is 10.9. The molecule has 1 amide bonds. The Labute approximate surface area is 138 Å². The van der Waals surface area contributed by atoms with Crippen molar-refractivity contribution in [2.75, 3.05) is 5.32 Å². The number of fused-ring (bicyclic) bond motifs is 1. The molecule has 118 valence electrons. The molecule has 0 spiro atoms. The second kappa shape index (κ2) is 5.93. The van der Waals surface area contributed by atoms with Crippen LogP contribution >= 0.6 is 11.6 Å². The Morgan fingerprint density at radius 3 is 2.70 bits per heavy atom. The lowest BCUT2D eigenvalue weighted by Gasteiger charge is -2.25. The maximum Gasteiger partial charge on any atom is 0.267 e. The SMILES string of the molecule is CC(C)(Oc1ccc(Cl)cc1)C(=O)Nc1ccc2[nH]ncc2c1. The molecule has 0 aliphatic heterocycles. The van der Waals surface area contributed by atoms with Crippen molar-refractivity contribution in [2.45, 2.75) is 19.4 Å². The molecule has 5 nitrogen and oxygen atoms in total. The third kappa shape index (κ3) is 3.46. The highest BCUT2D eigenvalue weighted by molar-refractivity contribution is 6.30. The van der Waals surface area contributed by atoms with E-state index in [1.807, 2.05) is 18.2 Å². The summed E-state index contributed by atoms with van der Waals surface area (Å²) >= 11 is 5.85. The average Bonchev–Trinajstić information content (AvgIpc) is 2.97. The van der Waals surface area contributed by atoms with Crippen LogP contribution in [0.1, 0.15) is 13.8 Å². The number of nitrogens with one attached hydrogen (secondary N) is 2. The Hall–Kier alpha value is -2.53. The fraction of sp³-hybridized carbons (Fsp3) is 0.176. The molecule has 0 bridgehead atoms. The summed E-state index contributed by atoms with van der Waals surface area (Å²) in [6.07, 6.45) is 1.71. The minimum atomic E-state index is -1.03. The van der Waals surface area contributed by atoms with Crippen LogP contribution in [0.15, 0.2) is 48.7 Å². The highest BCUT2D eigenvalue weighted by Crippen LogP contribution is 2.23. The third-order valence-electron chi connectivity index (χ3n) is 3.43. The van der Waals surface area contributed by atoms with Crippen LogP contribution in [0.4, 0.5) is 5.69 Å². The lowest BCUT2D eigenvalue weighted by Crippen LogP contribution is -2.42. The number of carbonyl (C=O) groups is 1. The van der Waals surface area contributed by atoms with Crippen LogP contribution in [0, 0.1) is 0 Å². The highest BCUT2D eigenvalue weighted by Gasteiger charge is 2.30. The normalized spacial score (nSPS) is 11.4. The first-order valence-electron chi connectivity index (χ1n) is 7.13. The third-order valence-corrected chi connectivity index (χ3v) is 3.68. The van der Waals surface area contributed by atoms with Gasteiger partial charge in [0.1, 0.15) is 5.75 Å². The van der Waals surface area contributed by atoms with Gasteiger partial charge in [0.05, 0.1) is 11.7 Å². The predicted molar refractivity (Wildman–Crippen MR) is 90.9 cm³/mol. The largest absolute Gasteiger partial charge is 0.478 e. The molecule has 2 N–H and O–H groups in total. The lowest BCUT2D eigenvalue weighted by molar-refractivity contribution is -0.128. The van der Waals surface area contributed by atoms with Crippen LogP contribution < -0.4 is 10.1 Å². The lowest BCUT2D eigenvalue weighted by atomic mass is 10.1. The first-order valence-corrected chi connectivity index (χ1v) is 7.51. The van der Waals surface area contributed by atoms with Crippen molar-refractivity contribution >= 4 is 34.1 Å². The van der Waals surface area contributed by atoms with Gasteiger partial charge in [0.2, 0.25) is 0 Å². The number of hydrogen-bond acceptors (Lipinski definition) is 3. The van der Waals surface area contributed by atoms with Crippen LogP contribution in [0.25, 0.3) is 10.9 Å². The number of aromatic nitrogens is 2. The van der Waals surface area contributed by atoms with E-state index in [1.165, 1.54) is 0 Å². The van der Waals surface area contributed by atoms with E-state index in [9.17, 15) is 4.79 Å². The van der Waals surface area contributed by atoms with Crippen molar-refractivity contribution in [2.24, 2.45) is 0 Å². The van der Waals surface area contributed by atoms with E-state index >= 15 is 0 Å². The zero-order valence-corrected chi connectivity index (χ0v) is 13.5. The van der Waals surface area contributed by atoms with Crippen molar-refractivity contribution in [1.82, 2.24) is 10.2 Å². The summed E-state index contributed by atoms with van der Waals surface area (Å²) in [7, 11) is 0. The number of H-pyrrole nitrogens is 1. The van der Waals surface area contributed by atoms with Crippen molar-refractivity contribution in [3.05, 3.63) is 53.7 Å². The van der Waals surface area contributed by atoms with Crippen LogP contribution in [0.5, 0.6) is 5.75 Å². The number of benzene rings is 2. The van der Waals surface area contributed by atoms with Gasteiger partial charge in [-0.1, -0.05) is 11.6 Å². The molecule has 1 aromatic heterocycles. The van der Waals surface area contributed by atoms with E-state index in [-0.39, 0.29) is 5.91 Å². The standard InChI is InChI=1S/C17H16ClN3O2/c1-17(2,23-14-6-3-12(18)4-7-14)16(22)20-13-5-8-15-11(9-13)10-19-21-15/h3-10H,1-2H3,(H,19,21)(H,20,22). The fourth-order valence-electron chi connectivity index (χ4n) is 2.15. The van der Waals surface area contributed by atoms with E-state index in [2.05, 4.69) is 15.5 Å². The molecule has 3 aromatic rings. The van der Waals surface area contributed by atoms with Crippen LogP contribution in [-0.2, 0) is 4.79 Å². The number of halogens is 1. The van der Waals surface area contributed by atoms with E-state index in [0.29, 0.717) is 16.5 Å². The summed E-state index contributed by atoms with van der Waals surface area (Å²) in [4.78, 5) is 12.5. The molecular weight excluding hydrogens is 314 g/mol. The number of amides is 1. The van der Waals surface area contributed by atoms with Gasteiger partial charge in [-0.3, -0.25) is 9.89 Å². The molecule has 3 rings (SSSR count). The van der Waals surface area contributed by atoms with Gasteiger partial charge in [0.15, 0.2) is 5.60 Å². The Morgan fingerprint density at radius 1 is 1.22 bits per heavy atom. The molecular formula is C17H16ClN3O2. The molecule has 23 heavy (non-hydrogen) atoms. The van der Waals surface area contributed by atoms with Crippen molar-refractivity contribution < 1.29 is 9.53 Å². The number of rotatable bonds is 4. The molecule has 0 atom stereocenters. The molecule has 0 aliphatic rings. The highest BCUT2D eigenvalue weighted by atomic mass is 35.5. The zero-order valence-electron chi connectivity index (χ0n) is 12.8. The number of nitrogens with zero attached hydrogens (tertiary/aromatic N) is 1. The van der Waals surface area contributed by atoms with Gasteiger partial charge in [0, 0.05) is 16.1 Å². The van der Waals surface area contributed by atoms with Gasteiger partial charge in [-0.2, -0.15) is 5.10 Å². The summed E-state index contributed by atoms with van der Waals surface area (Å²) in [6.45, 7) is 3.43. The average molecular weight is 330 g/mol. The maximum absolute atomic E-state index is 12.5. The van der Waals surface area contributed by atoms with Gasteiger partial charge in [-0.25, -0.2) is 0 Å². The number of anilines is 1. The Balaban J connectivity index is 1.73. The number of hydrogen-bond donors (Lipinski definition) is 2. The Morgan fingerprint density at radius 2 is 1.96 bits per heavy atom. The molecule has 0 aliphatic carbocycles. The van der Waals surface area contributed by atoms with Crippen LogP contribution in [0.2, 0.25) is 5.02 Å². The van der Waals surface area contributed by atoms with Gasteiger partial charge >= 0.3 is 0 Å². The zero-order chi connectivity index (χ0) is 16.4. The first kappa shape index (κ1) is 15.4. The van der Waals surface area contributed by atoms with Crippen LogP contribution in [0.3, 0.4) is 0 Å². The second-order valence-electron chi connectivity index (χ2n) is 5.69. The quantitative estimate of drug-likeness (QED) is 0.760. The van der Waals surface area contributed by atoms with E-state index < -0.39 is 5.60 Å². The van der Waals surface area contributed by atoms with E-state index in [4.69, 9.17) is 16.3 Å². The monoisotopic (exact) mass is 329 g/mol. The second-order valence-corrected chi connectivity index (χ2v) is 6.13. The smallest absolute Gasteiger partial charge is 0.267 e. The maximum atomic E-state index is 12.5. The number of aromatic amines is 1. The van der Waals surface area contributed by atoms with Gasteiger partial charge in [0.25, 0.3) is 5.91 Å². The Kier molecular flexibility index (Phi) is 3.96. The van der Waals surface area contributed by atoms with E-state index in [0.717, 1.165) is 10.9 Å². The van der Waals surface area contributed by atoms with Crippen molar-refractivity contribution in [3.8, 4) is 5.75 Å². The van der Waals surface area contributed by atoms with Crippen LogP contribution in [-0.4, -0.2) is 21.7 Å². The number of ether oxygens (including phenoxy) is 1. The topological polar surface area (TPSA) is 67.0 Å². The molecule has 0 saturated carbocycles. The summed E-state index contributed by atoms with van der Waals surface area (Å²) < 4.78 is 5.77. The molecule has 2 aromatic carbocycles. The molecule has 0 radical (unpaired) electrons. The van der Waals surface area contributed by atoms with Gasteiger partial charge < -0.3 is 10.1 Å². The van der Waals surface area contributed by atoms with Gasteiger partial charge in [-0.05, 0) is 56.3 Å². The molecule has 1 heterocycles. The van der Waals surface area contributed by atoms with E-state index in [1.54, 1.807) is 44.3 Å². The van der Waals surface area contributed by atoms with Crippen molar-refractivity contribution in [1.29, 1.82) is 0 Å². The fourth-order valence-corrected chi connectivity index (χ4v) is 2.27. The molecule has 6 heteroatoms. The van der Waals surface area contributed by atoms with Gasteiger partial charge in [-0.15, -0.1) is 0 Å². The summed E-state index contributed by atoms with van der Waals surface area (Å²) in [5.74, 6) is 0.343. The Bertz CT molecular complexity index is 840. The molecule has 0 unspecified atom stereocenters.